The monoisotopic (exact) mass is 352 g/mol. The highest BCUT2D eigenvalue weighted by Gasteiger charge is 2.18. The van der Waals surface area contributed by atoms with Gasteiger partial charge in [-0.2, -0.15) is 0 Å². The molecule has 0 unspecified atom stereocenters. The third-order valence-electron chi connectivity index (χ3n) is 3.37. The lowest BCUT2D eigenvalue weighted by atomic mass is 10.3. The number of hydrogen-bond donors (Lipinski definition) is 1. The minimum Gasteiger partial charge on any atom is -0.481 e. The standard InChI is InChI=1S/C15H13ClN2O6/c1-8(14-17-3-5-22-14)23-11-7-12-10(6-9(11)16)18(15(21)24-12)4-2-13(19)20/h3,5-8H,2,4H2,1H3,(H,19,20)/t8-/m0/s1. The van der Waals surface area contributed by atoms with Crippen LogP contribution in [-0.4, -0.2) is 20.6 Å². The molecule has 1 aromatic carbocycles. The molecule has 0 aliphatic rings. The van der Waals surface area contributed by atoms with Gasteiger partial charge in [0, 0.05) is 12.6 Å². The second-order valence-electron chi connectivity index (χ2n) is 5.04. The maximum absolute atomic E-state index is 11.9. The Morgan fingerprint density at radius 1 is 1.50 bits per heavy atom. The number of rotatable bonds is 6. The van der Waals surface area contributed by atoms with Crippen LogP contribution < -0.4 is 10.5 Å². The summed E-state index contributed by atoms with van der Waals surface area (Å²) < 4.78 is 17.2. The van der Waals surface area contributed by atoms with Crippen molar-refractivity contribution in [1.82, 2.24) is 9.55 Å². The number of halogens is 1. The van der Waals surface area contributed by atoms with Gasteiger partial charge in [0.2, 0.25) is 5.89 Å². The minimum absolute atomic E-state index is 0.00951. The summed E-state index contributed by atoms with van der Waals surface area (Å²) in [5.41, 5.74) is 0.659. The molecule has 9 heteroatoms. The Labute approximate surface area is 140 Å². The van der Waals surface area contributed by atoms with E-state index in [1.165, 1.54) is 29.2 Å². The molecular weight excluding hydrogens is 340 g/mol. The fourth-order valence-corrected chi connectivity index (χ4v) is 2.45. The second-order valence-corrected chi connectivity index (χ2v) is 5.45. The summed E-state index contributed by atoms with van der Waals surface area (Å²) in [5, 5.41) is 9.01. The van der Waals surface area contributed by atoms with E-state index in [0.29, 0.717) is 17.2 Å². The Morgan fingerprint density at radius 2 is 2.29 bits per heavy atom. The molecule has 0 amide bonds. The van der Waals surface area contributed by atoms with E-state index in [0.717, 1.165) is 0 Å². The predicted molar refractivity (Wildman–Crippen MR) is 83.3 cm³/mol. The van der Waals surface area contributed by atoms with Crippen molar-refractivity contribution in [3.63, 3.8) is 0 Å². The van der Waals surface area contributed by atoms with E-state index in [9.17, 15) is 9.59 Å². The van der Waals surface area contributed by atoms with Crippen molar-refractivity contribution < 1.29 is 23.5 Å². The van der Waals surface area contributed by atoms with Crippen LogP contribution in [0.1, 0.15) is 25.3 Å². The second kappa shape index (κ2) is 6.40. The molecule has 0 saturated heterocycles. The first-order valence-electron chi connectivity index (χ1n) is 7.06. The van der Waals surface area contributed by atoms with E-state index < -0.39 is 17.8 Å². The van der Waals surface area contributed by atoms with Crippen LogP contribution in [0.3, 0.4) is 0 Å². The van der Waals surface area contributed by atoms with E-state index in [-0.39, 0.29) is 23.6 Å². The van der Waals surface area contributed by atoms with Gasteiger partial charge in [0.05, 0.1) is 23.2 Å². The lowest BCUT2D eigenvalue weighted by Gasteiger charge is -2.12. The SMILES string of the molecule is C[C@H](Oc1cc2oc(=O)n(CCC(=O)O)c2cc1Cl)c1ncco1. The van der Waals surface area contributed by atoms with E-state index in [1.54, 1.807) is 6.92 Å². The topological polar surface area (TPSA) is 108 Å². The van der Waals surface area contributed by atoms with Crippen molar-refractivity contribution in [2.45, 2.75) is 26.0 Å². The molecule has 0 aliphatic heterocycles. The average Bonchev–Trinajstić information content (AvgIpc) is 3.14. The van der Waals surface area contributed by atoms with Crippen LogP contribution in [0.25, 0.3) is 11.1 Å². The molecule has 0 aliphatic carbocycles. The minimum atomic E-state index is -1.01. The number of aliphatic carboxylic acids is 1. The van der Waals surface area contributed by atoms with E-state index in [1.807, 2.05) is 0 Å². The van der Waals surface area contributed by atoms with Crippen LogP contribution >= 0.6 is 11.6 Å². The maximum Gasteiger partial charge on any atom is 0.419 e. The maximum atomic E-state index is 11.9. The van der Waals surface area contributed by atoms with Gasteiger partial charge in [-0.05, 0) is 13.0 Å². The number of carbonyl (C=O) groups is 1. The van der Waals surface area contributed by atoms with E-state index in [2.05, 4.69) is 4.98 Å². The largest absolute Gasteiger partial charge is 0.481 e. The molecule has 0 fully saturated rings. The number of oxazole rings is 2. The van der Waals surface area contributed by atoms with E-state index in [4.69, 9.17) is 30.3 Å². The third-order valence-corrected chi connectivity index (χ3v) is 3.67. The van der Waals surface area contributed by atoms with Crippen molar-refractivity contribution >= 4 is 28.7 Å². The van der Waals surface area contributed by atoms with Crippen molar-refractivity contribution in [2.75, 3.05) is 0 Å². The summed E-state index contributed by atoms with van der Waals surface area (Å²) in [6.07, 6.45) is 2.24. The Bertz CT molecular complexity index is 927. The first-order valence-corrected chi connectivity index (χ1v) is 7.44. The summed E-state index contributed by atoms with van der Waals surface area (Å²) in [7, 11) is 0. The molecule has 1 atom stereocenters. The Morgan fingerprint density at radius 3 is 2.96 bits per heavy atom. The highest BCUT2D eigenvalue weighted by molar-refractivity contribution is 6.32. The molecule has 3 aromatic rings. The third kappa shape index (κ3) is 3.13. The lowest BCUT2D eigenvalue weighted by molar-refractivity contribution is -0.137. The zero-order valence-corrected chi connectivity index (χ0v) is 13.3. The number of aromatic nitrogens is 2. The normalized spacial score (nSPS) is 12.4. The number of carboxylic acid groups (broad SMARTS) is 1. The van der Waals surface area contributed by atoms with Gasteiger partial charge >= 0.3 is 11.7 Å². The van der Waals surface area contributed by atoms with Crippen molar-refractivity contribution in [1.29, 1.82) is 0 Å². The van der Waals surface area contributed by atoms with Gasteiger partial charge in [0.15, 0.2) is 11.7 Å². The van der Waals surface area contributed by atoms with Crippen molar-refractivity contribution in [3.8, 4) is 5.75 Å². The van der Waals surface area contributed by atoms with Crippen LogP contribution in [0.2, 0.25) is 5.02 Å². The van der Waals surface area contributed by atoms with Gasteiger partial charge in [-0.15, -0.1) is 0 Å². The quantitative estimate of drug-likeness (QED) is 0.726. The molecule has 8 nitrogen and oxygen atoms in total. The number of hydrogen-bond acceptors (Lipinski definition) is 6. The molecular formula is C15H13ClN2O6. The summed E-state index contributed by atoms with van der Waals surface area (Å²) in [4.78, 5) is 26.6. The summed E-state index contributed by atoms with van der Waals surface area (Å²) >= 11 is 6.20. The highest BCUT2D eigenvalue weighted by atomic mass is 35.5. The number of carboxylic acids is 1. The Balaban J connectivity index is 1.93. The molecule has 0 saturated carbocycles. The molecule has 3 rings (SSSR count). The lowest BCUT2D eigenvalue weighted by Crippen LogP contribution is -2.16. The predicted octanol–water partition coefficient (Wildman–Crippen LogP) is 2.85. The van der Waals surface area contributed by atoms with Crippen LogP contribution in [-0.2, 0) is 11.3 Å². The molecule has 2 heterocycles. The smallest absolute Gasteiger partial charge is 0.419 e. The van der Waals surface area contributed by atoms with Gasteiger partial charge in [0.25, 0.3) is 0 Å². The number of ether oxygens (including phenoxy) is 1. The number of benzene rings is 1. The van der Waals surface area contributed by atoms with Crippen LogP contribution in [0.4, 0.5) is 0 Å². The van der Waals surface area contributed by atoms with Gasteiger partial charge < -0.3 is 18.7 Å². The highest BCUT2D eigenvalue weighted by Crippen LogP contribution is 2.32. The van der Waals surface area contributed by atoms with Crippen molar-refractivity contribution in [3.05, 3.63) is 46.1 Å². The molecule has 0 spiro atoms. The van der Waals surface area contributed by atoms with Gasteiger partial charge in [0.1, 0.15) is 12.0 Å². The molecule has 0 bridgehead atoms. The molecule has 1 N–H and O–H groups in total. The fraction of sp³-hybridized carbons (Fsp3) is 0.267. The zero-order chi connectivity index (χ0) is 17.3. The number of fused-ring (bicyclic) bond motifs is 1. The molecule has 24 heavy (non-hydrogen) atoms. The van der Waals surface area contributed by atoms with Crippen LogP contribution in [0.15, 0.2) is 38.2 Å². The van der Waals surface area contributed by atoms with Gasteiger partial charge in [-0.3, -0.25) is 9.36 Å². The first kappa shape index (κ1) is 16.1. The summed E-state index contributed by atoms with van der Waals surface area (Å²) in [6.45, 7) is 1.73. The number of aryl methyl sites for hydroxylation is 1. The Hall–Kier alpha value is -2.74. The fourth-order valence-electron chi connectivity index (χ4n) is 2.25. The van der Waals surface area contributed by atoms with Crippen LogP contribution in [0.5, 0.6) is 5.75 Å². The van der Waals surface area contributed by atoms with E-state index >= 15 is 0 Å². The summed E-state index contributed by atoms with van der Waals surface area (Å²) in [6, 6.07) is 2.98. The Kier molecular flexibility index (Phi) is 4.30. The first-order chi connectivity index (χ1) is 11.5. The van der Waals surface area contributed by atoms with Gasteiger partial charge in [-0.1, -0.05) is 11.6 Å². The van der Waals surface area contributed by atoms with Gasteiger partial charge in [-0.25, -0.2) is 9.78 Å². The zero-order valence-electron chi connectivity index (χ0n) is 12.6. The molecule has 126 valence electrons. The van der Waals surface area contributed by atoms with Crippen molar-refractivity contribution in [2.24, 2.45) is 0 Å². The summed E-state index contributed by atoms with van der Waals surface area (Å²) in [5.74, 6) is -0.983. The molecule has 2 aromatic heterocycles. The number of nitrogens with zero attached hydrogens (tertiary/aromatic N) is 2. The van der Waals surface area contributed by atoms with Crippen LogP contribution in [0, 0.1) is 0 Å². The average molecular weight is 353 g/mol. The molecule has 0 radical (unpaired) electrons.